The van der Waals surface area contributed by atoms with Gasteiger partial charge in [-0.1, -0.05) is 6.92 Å². The normalized spacial score (nSPS) is 19.6. The van der Waals surface area contributed by atoms with E-state index in [9.17, 15) is 23.1 Å². The molecular formula is C21H19N3O6S. The Kier molecular flexibility index (Phi) is 3.91. The van der Waals surface area contributed by atoms with Crippen LogP contribution in [0.5, 0.6) is 0 Å². The van der Waals surface area contributed by atoms with Gasteiger partial charge in [0.2, 0.25) is 0 Å². The first kappa shape index (κ1) is 19.7. The number of pyridine rings is 2. The Balaban J connectivity index is 1.90. The van der Waals surface area contributed by atoms with Gasteiger partial charge in [-0.05, 0) is 30.7 Å². The molecule has 0 fully saturated rings. The molecule has 0 saturated heterocycles. The van der Waals surface area contributed by atoms with Crippen LogP contribution in [0.4, 0.5) is 5.69 Å². The minimum atomic E-state index is -3.68. The first-order valence-electron chi connectivity index (χ1n) is 9.65. The molecule has 10 heteroatoms. The molecule has 0 radical (unpaired) electrons. The largest absolute Gasteiger partial charge is 0.458 e. The molecular weight excluding hydrogens is 422 g/mol. The monoisotopic (exact) mass is 441 g/mol. The summed E-state index contributed by atoms with van der Waals surface area (Å²) in [7, 11) is -3.68. The summed E-state index contributed by atoms with van der Waals surface area (Å²) in [5.41, 5.74) is 5.67. The average Bonchev–Trinajstić information content (AvgIpc) is 3.06. The van der Waals surface area contributed by atoms with Crippen LogP contribution in [0.2, 0.25) is 0 Å². The third-order valence-electron chi connectivity index (χ3n) is 6.03. The number of nitrogens with zero attached hydrogens (tertiary/aromatic N) is 2. The highest BCUT2D eigenvalue weighted by molar-refractivity contribution is 7.91. The molecule has 0 saturated carbocycles. The van der Waals surface area contributed by atoms with Gasteiger partial charge in [0.05, 0.1) is 33.9 Å². The third-order valence-corrected chi connectivity index (χ3v) is 7.24. The maximum Gasteiger partial charge on any atom is 0.343 e. The lowest BCUT2D eigenvalue weighted by Gasteiger charge is -2.31. The Morgan fingerprint density at radius 2 is 2.00 bits per heavy atom. The number of benzene rings is 1. The van der Waals surface area contributed by atoms with Crippen molar-refractivity contribution in [2.24, 2.45) is 0 Å². The standard InChI is InChI=1S/C21H19N3O6S/c1-3-21(27)14-7-16-17-12(8-24(16)19(25)13(14)9-30-20(21)26)18(31(2,28)29)11-5-4-10(22)6-15(11)23-17/h4-7,27H,3,8-9,22H2,1-2H3/t21-/m0/s1. The number of esters is 1. The number of aliphatic hydroxyl groups is 1. The fourth-order valence-electron chi connectivity index (χ4n) is 4.48. The predicted octanol–water partition coefficient (Wildman–Crippen LogP) is 1.07. The van der Waals surface area contributed by atoms with E-state index in [1.54, 1.807) is 31.2 Å². The summed E-state index contributed by atoms with van der Waals surface area (Å²) in [4.78, 5) is 30.2. The number of nitrogens with two attached hydrogens (primary N) is 1. The number of hydrogen-bond donors (Lipinski definition) is 2. The quantitative estimate of drug-likeness (QED) is 0.347. The number of cyclic esters (lactones) is 1. The second kappa shape index (κ2) is 6.14. The summed E-state index contributed by atoms with van der Waals surface area (Å²) in [5.74, 6) is -0.818. The Morgan fingerprint density at radius 1 is 1.26 bits per heavy atom. The number of carbonyl (C=O) groups excluding carboxylic acids is 1. The Bertz CT molecular complexity index is 1490. The van der Waals surface area contributed by atoms with E-state index in [1.807, 2.05) is 0 Å². The fraction of sp³-hybridized carbons (Fsp3) is 0.286. The smallest absolute Gasteiger partial charge is 0.343 e. The summed E-state index contributed by atoms with van der Waals surface area (Å²) in [6.07, 6.45) is 1.13. The van der Waals surface area contributed by atoms with E-state index in [4.69, 9.17) is 10.5 Å². The number of rotatable bonds is 2. The van der Waals surface area contributed by atoms with Crippen LogP contribution >= 0.6 is 0 Å². The van der Waals surface area contributed by atoms with Gasteiger partial charge in [0.25, 0.3) is 5.56 Å². The number of ether oxygens (including phenoxy) is 1. The van der Waals surface area contributed by atoms with Crippen LogP contribution in [-0.2, 0) is 38.1 Å². The van der Waals surface area contributed by atoms with E-state index in [1.165, 1.54) is 4.57 Å². The zero-order valence-electron chi connectivity index (χ0n) is 16.8. The van der Waals surface area contributed by atoms with Crippen molar-refractivity contribution >= 4 is 32.4 Å². The second-order valence-electron chi connectivity index (χ2n) is 7.92. The highest BCUT2D eigenvalue weighted by Crippen LogP contribution is 2.41. The highest BCUT2D eigenvalue weighted by atomic mass is 32.2. The Hall–Kier alpha value is -3.24. The summed E-state index contributed by atoms with van der Waals surface area (Å²) in [6.45, 7) is 1.37. The van der Waals surface area contributed by atoms with Crippen LogP contribution in [-0.4, -0.2) is 35.3 Å². The molecule has 0 unspecified atom stereocenters. The molecule has 160 valence electrons. The van der Waals surface area contributed by atoms with Gasteiger partial charge in [-0.15, -0.1) is 0 Å². The van der Waals surface area contributed by atoms with Crippen molar-refractivity contribution in [1.82, 2.24) is 9.55 Å². The first-order chi connectivity index (χ1) is 14.6. The fourth-order valence-corrected chi connectivity index (χ4v) is 5.67. The van der Waals surface area contributed by atoms with Crippen molar-refractivity contribution in [2.45, 2.75) is 37.0 Å². The molecule has 3 aromatic rings. The van der Waals surface area contributed by atoms with Crippen LogP contribution in [0.1, 0.15) is 30.0 Å². The van der Waals surface area contributed by atoms with Crippen LogP contribution in [0, 0.1) is 0 Å². The summed E-state index contributed by atoms with van der Waals surface area (Å²) in [5, 5.41) is 11.4. The maximum atomic E-state index is 13.3. The number of fused-ring (bicyclic) bond motifs is 5. The lowest BCUT2D eigenvalue weighted by Crippen LogP contribution is -2.44. The van der Waals surface area contributed by atoms with Crippen molar-refractivity contribution in [2.75, 3.05) is 12.0 Å². The van der Waals surface area contributed by atoms with E-state index >= 15 is 0 Å². The molecule has 1 atom stereocenters. The van der Waals surface area contributed by atoms with Crippen LogP contribution < -0.4 is 11.3 Å². The van der Waals surface area contributed by atoms with Crippen molar-refractivity contribution < 1.29 is 23.1 Å². The van der Waals surface area contributed by atoms with Gasteiger partial charge in [0, 0.05) is 28.5 Å². The molecule has 0 spiro atoms. The minimum Gasteiger partial charge on any atom is -0.458 e. The Morgan fingerprint density at radius 3 is 2.68 bits per heavy atom. The zero-order valence-corrected chi connectivity index (χ0v) is 17.6. The predicted molar refractivity (Wildman–Crippen MR) is 112 cm³/mol. The van der Waals surface area contributed by atoms with Crippen LogP contribution in [0.25, 0.3) is 22.3 Å². The SMILES string of the molecule is CC[C@@]1(O)C(=O)OCc2c1cc1n(c2=O)Cc2c-1nc1cc(N)ccc1c2S(C)(=O)=O. The van der Waals surface area contributed by atoms with Gasteiger partial charge in [0.15, 0.2) is 15.4 Å². The van der Waals surface area contributed by atoms with E-state index in [0.717, 1.165) is 6.26 Å². The first-order valence-corrected chi connectivity index (χ1v) is 11.5. The van der Waals surface area contributed by atoms with Gasteiger partial charge < -0.3 is 20.1 Å². The molecule has 0 aliphatic carbocycles. The molecule has 3 N–H and O–H groups in total. The zero-order chi connectivity index (χ0) is 22.3. The van der Waals surface area contributed by atoms with Crippen molar-refractivity contribution in [3.05, 3.63) is 51.3 Å². The number of anilines is 1. The summed E-state index contributed by atoms with van der Waals surface area (Å²) in [6, 6.07) is 6.32. The van der Waals surface area contributed by atoms with Gasteiger partial charge in [-0.25, -0.2) is 18.2 Å². The number of nitrogen functional groups attached to an aromatic ring is 1. The van der Waals surface area contributed by atoms with Gasteiger partial charge in [-0.2, -0.15) is 0 Å². The van der Waals surface area contributed by atoms with E-state index in [0.29, 0.717) is 33.5 Å². The average molecular weight is 441 g/mol. The minimum absolute atomic E-state index is 0.00496. The third kappa shape index (κ3) is 2.58. The molecule has 2 aliphatic rings. The second-order valence-corrected chi connectivity index (χ2v) is 9.87. The molecule has 2 aromatic heterocycles. The van der Waals surface area contributed by atoms with Gasteiger partial charge in [-0.3, -0.25) is 4.79 Å². The molecule has 5 rings (SSSR count). The maximum absolute atomic E-state index is 13.3. The van der Waals surface area contributed by atoms with E-state index < -0.39 is 27.0 Å². The van der Waals surface area contributed by atoms with Gasteiger partial charge >= 0.3 is 5.97 Å². The summed E-state index contributed by atoms with van der Waals surface area (Å²) >= 11 is 0. The molecule has 31 heavy (non-hydrogen) atoms. The number of carbonyl (C=O) groups is 1. The highest BCUT2D eigenvalue weighted by Gasteiger charge is 2.45. The number of aromatic nitrogens is 2. The topological polar surface area (TPSA) is 142 Å². The molecule has 9 nitrogen and oxygen atoms in total. The Labute approximate surface area is 177 Å². The van der Waals surface area contributed by atoms with Crippen molar-refractivity contribution in [3.8, 4) is 11.4 Å². The van der Waals surface area contributed by atoms with E-state index in [2.05, 4.69) is 4.98 Å². The molecule has 0 amide bonds. The van der Waals surface area contributed by atoms with Crippen molar-refractivity contribution in [1.29, 1.82) is 0 Å². The molecule has 0 bridgehead atoms. The number of sulfone groups is 1. The lowest BCUT2D eigenvalue weighted by atomic mass is 9.86. The van der Waals surface area contributed by atoms with E-state index in [-0.39, 0.29) is 35.6 Å². The van der Waals surface area contributed by atoms with Crippen LogP contribution in [0.3, 0.4) is 0 Å². The van der Waals surface area contributed by atoms with Gasteiger partial charge in [0.1, 0.15) is 6.61 Å². The molecule has 1 aromatic carbocycles. The van der Waals surface area contributed by atoms with Crippen molar-refractivity contribution in [3.63, 3.8) is 0 Å². The number of hydrogen-bond acceptors (Lipinski definition) is 8. The lowest BCUT2D eigenvalue weighted by molar-refractivity contribution is -0.172. The molecule has 2 aliphatic heterocycles. The molecule has 4 heterocycles. The summed E-state index contributed by atoms with van der Waals surface area (Å²) < 4.78 is 31.9. The van der Waals surface area contributed by atoms with Crippen LogP contribution in [0.15, 0.2) is 34.0 Å².